The van der Waals surface area contributed by atoms with Gasteiger partial charge in [0.2, 0.25) is 0 Å². The molecule has 0 radical (unpaired) electrons. The number of carbonyl (C=O) groups excluding carboxylic acids is 1. The van der Waals surface area contributed by atoms with E-state index >= 15 is 0 Å². The van der Waals surface area contributed by atoms with Crippen LogP contribution in [0.1, 0.15) is 47.1 Å². The molecular weight excluding hydrogens is 384 g/mol. The molecule has 0 bridgehead atoms. The molecule has 0 spiro atoms. The zero-order chi connectivity index (χ0) is 22.8. The number of rotatable bonds is 9. The lowest BCUT2D eigenvalue weighted by molar-refractivity contribution is 0.0476. The molecule has 0 unspecified atom stereocenters. The summed E-state index contributed by atoms with van der Waals surface area (Å²) in [7, 11) is 3.25. The molecular formula is C22H38N4O4. The Morgan fingerprint density at radius 1 is 1.03 bits per heavy atom. The molecule has 0 aromatic heterocycles. The predicted molar refractivity (Wildman–Crippen MR) is 121 cm³/mol. The second-order valence-electron chi connectivity index (χ2n) is 8.57. The fourth-order valence-corrected chi connectivity index (χ4v) is 2.60. The molecule has 1 rings (SSSR count). The third-order valence-corrected chi connectivity index (χ3v) is 3.97. The first-order chi connectivity index (χ1) is 14.0. The van der Waals surface area contributed by atoms with E-state index in [1.165, 1.54) is 0 Å². The first-order valence-electron chi connectivity index (χ1n) is 10.2. The smallest absolute Gasteiger partial charge is 0.408 e. The Kier molecular flexibility index (Phi) is 9.75. The van der Waals surface area contributed by atoms with Gasteiger partial charge in [-0.1, -0.05) is 6.07 Å². The number of carbonyl (C=O) groups is 1. The van der Waals surface area contributed by atoms with Gasteiger partial charge in [0, 0.05) is 13.1 Å². The fraction of sp³-hybridized carbons (Fsp3) is 0.636. The second kappa shape index (κ2) is 11.5. The van der Waals surface area contributed by atoms with E-state index in [1.54, 1.807) is 14.2 Å². The highest BCUT2D eigenvalue weighted by Gasteiger charge is 2.24. The van der Waals surface area contributed by atoms with Gasteiger partial charge in [0.15, 0.2) is 17.5 Å². The minimum Gasteiger partial charge on any atom is -0.493 e. The maximum absolute atomic E-state index is 12.0. The summed E-state index contributed by atoms with van der Waals surface area (Å²) in [6.07, 6.45) is 0.346. The normalized spacial score (nSPS) is 12.2. The lowest BCUT2D eigenvalue weighted by Crippen LogP contribution is -2.49. The monoisotopic (exact) mass is 422 g/mol. The van der Waals surface area contributed by atoms with Gasteiger partial charge in [-0.3, -0.25) is 4.99 Å². The topological polar surface area (TPSA) is 93.2 Å². The van der Waals surface area contributed by atoms with E-state index in [1.807, 2.05) is 59.7 Å². The Balaban J connectivity index is 2.64. The van der Waals surface area contributed by atoms with Gasteiger partial charge in [-0.05, 0) is 65.7 Å². The van der Waals surface area contributed by atoms with Gasteiger partial charge in [-0.15, -0.1) is 0 Å². The lowest BCUT2D eigenvalue weighted by atomic mass is 10.1. The number of alkyl carbamates (subject to hydrolysis) is 1. The first-order valence-corrected chi connectivity index (χ1v) is 10.2. The maximum Gasteiger partial charge on any atom is 0.408 e. The van der Waals surface area contributed by atoms with Crippen LogP contribution in [-0.4, -0.2) is 57.0 Å². The Morgan fingerprint density at radius 3 is 2.27 bits per heavy atom. The highest BCUT2D eigenvalue weighted by atomic mass is 16.6. The number of hydrogen-bond acceptors (Lipinski definition) is 5. The molecule has 0 aliphatic carbocycles. The molecule has 170 valence electrons. The van der Waals surface area contributed by atoms with Crippen molar-refractivity contribution in [2.75, 3.05) is 33.9 Å². The quantitative estimate of drug-likeness (QED) is 0.418. The molecule has 0 heterocycles. The molecule has 8 heteroatoms. The van der Waals surface area contributed by atoms with Crippen molar-refractivity contribution < 1.29 is 19.0 Å². The van der Waals surface area contributed by atoms with Gasteiger partial charge >= 0.3 is 6.09 Å². The van der Waals surface area contributed by atoms with Crippen LogP contribution in [0, 0.1) is 0 Å². The van der Waals surface area contributed by atoms with Crippen LogP contribution in [0.5, 0.6) is 11.5 Å². The van der Waals surface area contributed by atoms with Crippen LogP contribution in [0.4, 0.5) is 4.79 Å². The minimum absolute atomic E-state index is 0.401. The van der Waals surface area contributed by atoms with Crippen LogP contribution in [0.2, 0.25) is 0 Å². The van der Waals surface area contributed by atoms with Crippen LogP contribution in [0.15, 0.2) is 23.2 Å². The van der Waals surface area contributed by atoms with Gasteiger partial charge in [0.05, 0.1) is 26.3 Å². The molecule has 1 aromatic rings. The number of nitrogens with one attached hydrogen (secondary N) is 3. The number of ether oxygens (including phenoxy) is 3. The molecule has 1 aromatic carbocycles. The minimum atomic E-state index is -0.548. The molecule has 0 saturated heterocycles. The molecule has 0 aliphatic heterocycles. The van der Waals surface area contributed by atoms with E-state index < -0.39 is 17.2 Å². The number of hydrogen-bond donors (Lipinski definition) is 3. The molecule has 8 nitrogen and oxygen atoms in total. The van der Waals surface area contributed by atoms with E-state index in [2.05, 4.69) is 20.9 Å². The summed E-state index contributed by atoms with van der Waals surface area (Å²) in [5.41, 5.74) is 0.0425. The highest BCUT2D eigenvalue weighted by Crippen LogP contribution is 2.27. The summed E-state index contributed by atoms with van der Waals surface area (Å²) in [6, 6.07) is 5.89. The SMILES string of the molecule is CCNC(=NCC(C)(C)NC(=O)OC(C)(C)C)NCCc1ccc(OC)c(OC)c1. The highest BCUT2D eigenvalue weighted by molar-refractivity contribution is 5.79. The largest absolute Gasteiger partial charge is 0.493 e. The fourth-order valence-electron chi connectivity index (χ4n) is 2.60. The lowest BCUT2D eigenvalue weighted by Gasteiger charge is -2.27. The number of methoxy groups -OCH3 is 2. The van der Waals surface area contributed by atoms with Crippen molar-refractivity contribution in [2.24, 2.45) is 4.99 Å². The van der Waals surface area contributed by atoms with Gasteiger partial charge in [0.25, 0.3) is 0 Å². The molecule has 0 saturated carbocycles. The Bertz CT molecular complexity index is 712. The molecule has 0 aliphatic rings. The van der Waals surface area contributed by atoms with E-state index in [0.717, 1.165) is 18.5 Å². The zero-order valence-corrected chi connectivity index (χ0v) is 19.6. The Labute approximate surface area is 180 Å². The molecule has 0 fully saturated rings. The standard InChI is InChI=1S/C22H38N4O4/c1-9-23-19(25-15-22(5,6)26-20(27)30-21(2,3)4)24-13-12-16-10-11-17(28-7)18(14-16)29-8/h10-11,14H,9,12-13,15H2,1-8H3,(H,26,27)(H2,23,24,25). The molecule has 1 amide bonds. The summed E-state index contributed by atoms with van der Waals surface area (Å²) in [6.45, 7) is 13.2. The number of nitrogens with zero attached hydrogens (tertiary/aromatic N) is 1. The van der Waals surface area contributed by atoms with Crippen LogP contribution in [0.25, 0.3) is 0 Å². The zero-order valence-electron chi connectivity index (χ0n) is 19.6. The average Bonchev–Trinajstić information content (AvgIpc) is 2.63. The summed E-state index contributed by atoms with van der Waals surface area (Å²) in [4.78, 5) is 16.6. The van der Waals surface area contributed by atoms with Gasteiger partial charge in [-0.2, -0.15) is 0 Å². The summed E-state index contributed by atoms with van der Waals surface area (Å²) >= 11 is 0. The summed E-state index contributed by atoms with van der Waals surface area (Å²) < 4.78 is 16.0. The van der Waals surface area contributed by atoms with Crippen LogP contribution < -0.4 is 25.4 Å². The summed E-state index contributed by atoms with van der Waals surface area (Å²) in [5.74, 6) is 2.12. The second-order valence-corrected chi connectivity index (χ2v) is 8.57. The Morgan fingerprint density at radius 2 is 1.70 bits per heavy atom. The van der Waals surface area contributed by atoms with Crippen LogP contribution in [0.3, 0.4) is 0 Å². The van der Waals surface area contributed by atoms with E-state index in [0.29, 0.717) is 30.5 Å². The van der Waals surface area contributed by atoms with Crippen LogP contribution in [-0.2, 0) is 11.2 Å². The molecule has 0 atom stereocenters. The number of guanidine groups is 1. The maximum atomic E-state index is 12.0. The summed E-state index contributed by atoms with van der Waals surface area (Å²) in [5, 5.41) is 9.41. The average molecular weight is 423 g/mol. The molecule has 30 heavy (non-hydrogen) atoms. The first kappa shape index (κ1) is 25.4. The van der Waals surface area contributed by atoms with E-state index in [4.69, 9.17) is 14.2 Å². The van der Waals surface area contributed by atoms with Crippen molar-refractivity contribution >= 4 is 12.1 Å². The third kappa shape index (κ3) is 9.71. The van der Waals surface area contributed by atoms with E-state index in [9.17, 15) is 4.79 Å². The van der Waals surface area contributed by atoms with Crippen LogP contribution >= 0.6 is 0 Å². The van der Waals surface area contributed by atoms with Crippen molar-refractivity contribution in [3.8, 4) is 11.5 Å². The number of benzene rings is 1. The van der Waals surface area contributed by atoms with Gasteiger partial charge in [0.1, 0.15) is 5.60 Å². The van der Waals surface area contributed by atoms with Crippen molar-refractivity contribution in [3.63, 3.8) is 0 Å². The van der Waals surface area contributed by atoms with Gasteiger partial charge in [-0.25, -0.2) is 4.79 Å². The number of aliphatic imine (C=N–C) groups is 1. The van der Waals surface area contributed by atoms with Gasteiger partial charge < -0.3 is 30.2 Å². The van der Waals surface area contributed by atoms with Crippen molar-refractivity contribution in [3.05, 3.63) is 23.8 Å². The van der Waals surface area contributed by atoms with E-state index in [-0.39, 0.29) is 0 Å². The predicted octanol–water partition coefficient (Wildman–Crippen LogP) is 3.10. The molecule has 3 N–H and O–H groups in total. The number of amides is 1. The third-order valence-electron chi connectivity index (χ3n) is 3.97. The van der Waals surface area contributed by atoms with Crippen molar-refractivity contribution in [1.29, 1.82) is 0 Å². The Hall–Kier alpha value is -2.64. The van der Waals surface area contributed by atoms with Crippen molar-refractivity contribution in [1.82, 2.24) is 16.0 Å². The van der Waals surface area contributed by atoms with Crippen molar-refractivity contribution in [2.45, 2.75) is 59.1 Å².